The molecule has 2 aliphatic rings. The summed E-state index contributed by atoms with van der Waals surface area (Å²) in [5.74, 6) is 1.36. The molecule has 0 saturated heterocycles. The number of hydrogen-bond acceptors (Lipinski definition) is 9. The number of rotatable bonds is 5. The number of aliphatic hydroxyl groups excluding tert-OH is 1. The highest BCUT2D eigenvalue weighted by atomic mass is 16.7. The molecular weight excluding hydrogens is 444 g/mol. The first-order chi connectivity index (χ1) is 16.3. The smallest absolute Gasteiger partial charge is 0.303 e. The molecule has 184 valence electrons. The van der Waals surface area contributed by atoms with Crippen LogP contribution in [-0.4, -0.2) is 46.3 Å². The van der Waals surface area contributed by atoms with Gasteiger partial charge in [-0.3, -0.25) is 4.79 Å². The van der Waals surface area contributed by atoms with E-state index < -0.39 is 18.2 Å². The second-order valence-corrected chi connectivity index (χ2v) is 8.41. The monoisotopic (exact) mass is 474 g/mol. The van der Waals surface area contributed by atoms with Gasteiger partial charge in [0.05, 0.1) is 34.5 Å². The number of ether oxygens (including phenoxy) is 7. The van der Waals surface area contributed by atoms with Crippen molar-refractivity contribution in [3.05, 3.63) is 23.3 Å². The quantitative estimate of drug-likeness (QED) is 0.643. The predicted octanol–water partition coefficient (Wildman–Crippen LogP) is 4.04. The van der Waals surface area contributed by atoms with Crippen molar-refractivity contribution in [1.82, 2.24) is 0 Å². The third kappa shape index (κ3) is 3.55. The Balaban J connectivity index is 2.21. The highest BCUT2D eigenvalue weighted by Crippen LogP contribution is 2.60. The van der Waals surface area contributed by atoms with Crippen LogP contribution in [0, 0.1) is 11.8 Å². The minimum absolute atomic E-state index is 0.0304. The number of fused-ring (bicyclic) bond motifs is 4. The molecule has 4 rings (SSSR count). The van der Waals surface area contributed by atoms with Gasteiger partial charge in [0.1, 0.15) is 6.10 Å². The maximum Gasteiger partial charge on any atom is 0.303 e. The fraction of sp³-hybridized carbons (Fsp3) is 0.480. The van der Waals surface area contributed by atoms with E-state index >= 15 is 0 Å². The number of benzene rings is 2. The molecule has 2 aromatic rings. The minimum atomic E-state index is -0.933. The van der Waals surface area contributed by atoms with E-state index in [-0.39, 0.29) is 18.6 Å². The molecule has 4 atom stereocenters. The Morgan fingerprint density at radius 1 is 0.882 bits per heavy atom. The fourth-order valence-electron chi connectivity index (χ4n) is 4.85. The van der Waals surface area contributed by atoms with Crippen molar-refractivity contribution >= 4 is 5.97 Å². The second kappa shape index (κ2) is 9.13. The topological polar surface area (TPSA) is 102 Å². The molecule has 9 nitrogen and oxygen atoms in total. The number of aliphatic hydroxyl groups is 1. The molecule has 2 aromatic carbocycles. The lowest BCUT2D eigenvalue weighted by atomic mass is 9.74. The molecule has 0 aromatic heterocycles. The Morgan fingerprint density at radius 3 is 2.12 bits per heavy atom. The van der Waals surface area contributed by atoms with Gasteiger partial charge in [-0.2, -0.15) is 0 Å². The van der Waals surface area contributed by atoms with Crippen molar-refractivity contribution in [1.29, 1.82) is 0 Å². The van der Waals surface area contributed by atoms with Crippen molar-refractivity contribution in [2.75, 3.05) is 35.2 Å². The molecule has 1 N–H and O–H groups in total. The summed E-state index contributed by atoms with van der Waals surface area (Å²) in [5.41, 5.74) is 2.31. The number of esters is 1. The molecule has 9 heteroatoms. The lowest BCUT2D eigenvalue weighted by Gasteiger charge is -2.37. The van der Waals surface area contributed by atoms with Gasteiger partial charge in [-0.05, 0) is 23.6 Å². The summed E-state index contributed by atoms with van der Waals surface area (Å²) in [6, 6.07) is 3.54. The van der Waals surface area contributed by atoms with Gasteiger partial charge in [-0.15, -0.1) is 0 Å². The number of hydrogen-bond donors (Lipinski definition) is 1. The molecule has 0 amide bonds. The molecule has 0 unspecified atom stereocenters. The third-order valence-corrected chi connectivity index (χ3v) is 6.69. The predicted molar refractivity (Wildman–Crippen MR) is 122 cm³/mol. The molecular formula is C25H30O9. The second-order valence-electron chi connectivity index (χ2n) is 8.41. The maximum absolute atomic E-state index is 12.2. The average Bonchev–Trinajstić information content (AvgIpc) is 3.31. The maximum atomic E-state index is 12.2. The van der Waals surface area contributed by atoms with E-state index in [0.29, 0.717) is 56.8 Å². The number of carbonyl (C=O) groups is 1. The average molecular weight is 475 g/mol. The molecule has 0 spiro atoms. The molecule has 34 heavy (non-hydrogen) atoms. The third-order valence-electron chi connectivity index (χ3n) is 6.69. The van der Waals surface area contributed by atoms with E-state index in [4.69, 9.17) is 33.2 Å². The first kappa shape index (κ1) is 23.8. The molecule has 1 heterocycles. The summed E-state index contributed by atoms with van der Waals surface area (Å²) in [4.78, 5) is 12.2. The van der Waals surface area contributed by atoms with Crippen LogP contribution in [0.1, 0.15) is 44.1 Å². The summed E-state index contributed by atoms with van der Waals surface area (Å²) in [6.07, 6.45) is -1.65. The van der Waals surface area contributed by atoms with E-state index in [1.54, 1.807) is 12.1 Å². The van der Waals surface area contributed by atoms with Gasteiger partial charge in [0.15, 0.2) is 23.0 Å². The van der Waals surface area contributed by atoms with E-state index in [9.17, 15) is 9.90 Å². The zero-order valence-corrected chi connectivity index (χ0v) is 20.4. The Hall–Kier alpha value is -3.33. The standard InChI is InChI=1S/C25H30O9/c1-11-12(2)21(34-13(3)26)15-9-16(28-4)22(29-5)24(30-6)19(15)18-14(20(11)27)8-17-23(25(18)31-7)33-10-32-17/h8-9,11-12,20-21,27H,10H2,1-7H3/t11-,12+,20-,21-/m1/s1. The van der Waals surface area contributed by atoms with Crippen LogP contribution in [0.2, 0.25) is 0 Å². The number of methoxy groups -OCH3 is 4. The van der Waals surface area contributed by atoms with Crippen molar-refractivity contribution < 1.29 is 43.1 Å². The van der Waals surface area contributed by atoms with Gasteiger partial charge < -0.3 is 38.3 Å². The number of carbonyl (C=O) groups excluding carboxylic acids is 1. The lowest BCUT2D eigenvalue weighted by Crippen LogP contribution is -2.28. The highest BCUT2D eigenvalue weighted by molar-refractivity contribution is 5.89. The van der Waals surface area contributed by atoms with Gasteiger partial charge in [0.2, 0.25) is 18.3 Å². The Kier molecular flexibility index (Phi) is 6.40. The molecule has 1 aliphatic carbocycles. The molecule has 1 aliphatic heterocycles. The van der Waals surface area contributed by atoms with Gasteiger partial charge in [0, 0.05) is 29.5 Å². The summed E-state index contributed by atoms with van der Waals surface area (Å²) >= 11 is 0. The lowest BCUT2D eigenvalue weighted by molar-refractivity contribution is -0.151. The van der Waals surface area contributed by atoms with Crippen molar-refractivity contribution in [3.63, 3.8) is 0 Å². The van der Waals surface area contributed by atoms with E-state index in [0.717, 1.165) is 0 Å². The van der Waals surface area contributed by atoms with Crippen molar-refractivity contribution in [2.45, 2.75) is 33.0 Å². The first-order valence-corrected chi connectivity index (χ1v) is 11.0. The van der Waals surface area contributed by atoms with Crippen LogP contribution in [-0.2, 0) is 9.53 Å². The Labute approximate surface area is 198 Å². The van der Waals surface area contributed by atoms with E-state index in [1.807, 2.05) is 13.8 Å². The fourth-order valence-corrected chi connectivity index (χ4v) is 4.85. The van der Waals surface area contributed by atoms with Crippen LogP contribution in [0.25, 0.3) is 11.1 Å². The molecule has 0 bridgehead atoms. The van der Waals surface area contributed by atoms with E-state index in [1.165, 1.54) is 35.4 Å². The van der Waals surface area contributed by atoms with Crippen LogP contribution in [0.15, 0.2) is 12.1 Å². The minimum Gasteiger partial charge on any atom is -0.493 e. The SMILES string of the molecule is COc1cc2c(c(OC)c1OC)-c1c(cc3c(c1OC)OCO3)[C@H](O)[C@H](C)[C@H](C)[C@H]2OC(C)=O. The van der Waals surface area contributed by atoms with Crippen molar-refractivity contribution in [2.24, 2.45) is 11.8 Å². The summed E-state index contributed by atoms with van der Waals surface area (Å²) in [6.45, 7) is 5.23. The zero-order valence-electron chi connectivity index (χ0n) is 20.4. The normalized spacial score (nSPS) is 22.6. The highest BCUT2D eigenvalue weighted by Gasteiger charge is 2.42. The largest absolute Gasteiger partial charge is 0.493 e. The van der Waals surface area contributed by atoms with Crippen molar-refractivity contribution in [3.8, 4) is 45.6 Å². The van der Waals surface area contributed by atoms with Gasteiger partial charge in [0.25, 0.3) is 0 Å². The molecule has 0 fully saturated rings. The van der Waals surface area contributed by atoms with Gasteiger partial charge >= 0.3 is 5.97 Å². The summed E-state index contributed by atoms with van der Waals surface area (Å²) in [5, 5.41) is 11.5. The van der Waals surface area contributed by atoms with Gasteiger partial charge in [-0.25, -0.2) is 0 Å². The first-order valence-electron chi connectivity index (χ1n) is 11.0. The van der Waals surface area contributed by atoms with Crippen LogP contribution in [0.5, 0.6) is 34.5 Å². The van der Waals surface area contributed by atoms with E-state index in [2.05, 4.69) is 0 Å². The Morgan fingerprint density at radius 2 is 1.53 bits per heavy atom. The van der Waals surface area contributed by atoms with Crippen LogP contribution >= 0.6 is 0 Å². The van der Waals surface area contributed by atoms with Crippen LogP contribution < -0.4 is 28.4 Å². The summed E-state index contributed by atoms with van der Waals surface area (Å²) < 4.78 is 40.1. The van der Waals surface area contributed by atoms with Crippen LogP contribution in [0.4, 0.5) is 0 Å². The summed E-state index contributed by atoms with van der Waals surface area (Å²) in [7, 11) is 6.07. The zero-order chi connectivity index (χ0) is 24.7. The van der Waals surface area contributed by atoms with Gasteiger partial charge in [-0.1, -0.05) is 13.8 Å². The molecule has 0 saturated carbocycles. The van der Waals surface area contributed by atoms with Crippen LogP contribution in [0.3, 0.4) is 0 Å². The molecule has 0 radical (unpaired) electrons. The Bertz CT molecular complexity index is 1110.